The maximum Gasteiger partial charge on any atom is 0.258 e. The van der Waals surface area contributed by atoms with E-state index in [-0.39, 0.29) is 11.5 Å². The van der Waals surface area contributed by atoms with Crippen LogP contribution in [-0.4, -0.2) is 47.0 Å². The van der Waals surface area contributed by atoms with Gasteiger partial charge in [0.05, 0.1) is 10.9 Å². The molecule has 0 radical (unpaired) electrons. The second-order valence-corrected chi connectivity index (χ2v) is 6.80. The van der Waals surface area contributed by atoms with Gasteiger partial charge in [-0.1, -0.05) is 18.6 Å². The van der Waals surface area contributed by atoms with Gasteiger partial charge < -0.3 is 15.2 Å². The Morgan fingerprint density at radius 2 is 2.20 bits per heavy atom. The number of para-hydroxylation sites is 1. The summed E-state index contributed by atoms with van der Waals surface area (Å²) in [6, 6.07) is 7.80. The molecule has 3 rings (SSSR count). The molecule has 1 aliphatic heterocycles. The third-order valence-corrected chi connectivity index (χ3v) is 4.97. The predicted octanol–water partition coefficient (Wildman–Crippen LogP) is 1.85. The Hall–Kier alpha value is -2.21. The van der Waals surface area contributed by atoms with Crippen LogP contribution < -0.4 is 10.9 Å². The minimum Gasteiger partial charge on any atom is -0.356 e. The number of H-pyrrole nitrogens is 1. The number of carbonyl (C=O) groups excluding carboxylic acids is 1. The summed E-state index contributed by atoms with van der Waals surface area (Å²) < 4.78 is 0. The number of piperidine rings is 1. The van der Waals surface area contributed by atoms with Crippen LogP contribution >= 0.6 is 0 Å². The number of amides is 1. The van der Waals surface area contributed by atoms with Crippen LogP contribution in [-0.2, 0) is 11.2 Å². The van der Waals surface area contributed by atoms with Gasteiger partial charge in [0.15, 0.2) is 0 Å². The molecule has 0 saturated carbocycles. The number of aromatic amines is 1. The van der Waals surface area contributed by atoms with Gasteiger partial charge in [-0.3, -0.25) is 9.59 Å². The molecular weight excluding hydrogens is 316 g/mol. The predicted molar refractivity (Wildman–Crippen MR) is 98.6 cm³/mol. The Labute approximate surface area is 147 Å². The third kappa shape index (κ3) is 4.66. The summed E-state index contributed by atoms with van der Waals surface area (Å²) in [5.74, 6) is 0.679. The third-order valence-electron chi connectivity index (χ3n) is 4.97. The first-order valence-corrected chi connectivity index (χ1v) is 9.08. The fraction of sp³-hybridized carbons (Fsp3) is 0.526. The molecule has 134 valence electrons. The number of rotatable bonds is 6. The molecule has 1 saturated heterocycles. The normalized spacial score (nSPS) is 18.4. The first kappa shape index (κ1) is 17.6. The standard InChI is InChI=1S/C19H26N4O2/c1-23-13-5-4-6-14(23)9-10-18(24)20-12-11-17-21-16-8-3-2-7-15(16)19(25)22-17/h2-3,7-8,14H,4-6,9-13H2,1H3,(H,20,24)(H,21,22,25). The topological polar surface area (TPSA) is 78.1 Å². The summed E-state index contributed by atoms with van der Waals surface area (Å²) in [4.78, 5) is 33.7. The number of nitrogens with zero attached hydrogens (tertiary/aromatic N) is 2. The monoisotopic (exact) mass is 342 g/mol. The van der Waals surface area contributed by atoms with Crippen LogP contribution in [0, 0.1) is 0 Å². The van der Waals surface area contributed by atoms with Crippen LogP contribution in [0.5, 0.6) is 0 Å². The molecule has 6 heteroatoms. The molecule has 2 N–H and O–H groups in total. The molecule has 0 spiro atoms. The van der Waals surface area contributed by atoms with Crippen molar-refractivity contribution >= 4 is 16.8 Å². The van der Waals surface area contributed by atoms with E-state index < -0.39 is 0 Å². The maximum atomic E-state index is 12.0. The van der Waals surface area contributed by atoms with Gasteiger partial charge in [-0.05, 0) is 45.0 Å². The van der Waals surface area contributed by atoms with Gasteiger partial charge in [0, 0.05) is 25.4 Å². The number of hydrogen-bond donors (Lipinski definition) is 2. The van der Waals surface area contributed by atoms with E-state index in [2.05, 4.69) is 27.2 Å². The van der Waals surface area contributed by atoms with Crippen molar-refractivity contribution in [2.24, 2.45) is 0 Å². The number of likely N-dealkylation sites (tertiary alicyclic amines) is 1. The van der Waals surface area contributed by atoms with E-state index in [1.165, 1.54) is 19.3 Å². The molecule has 25 heavy (non-hydrogen) atoms. The Morgan fingerprint density at radius 3 is 3.04 bits per heavy atom. The van der Waals surface area contributed by atoms with E-state index in [4.69, 9.17) is 0 Å². The van der Waals surface area contributed by atoms with E-state index in [1.807, 2.05) is 18.2 Å². The summed E-state index contributed by atoms with van der Waals surface area (Å²) in [7, 11) is 2.14. The zero-order valence-electron chi connectivity index (χ0n) is 14.8. The SMILES string of the molecule is CN1CCCCC1CCC(=O)NCCc1nc2ccccc2c(=O)[nH]1. The highest BCUT2D eigenvalue weighted by Crippen LogP contribution is 2.18. The molecular formula is C19H26N4O2. The van der Waals surface area contributed by atoms with Crippen LogP contribution in [0.3, 0.4) is 0 Å². The van der Waals surface area contributed by atoms with Crippen LogP contribution in [0.15, 0.2) is 29.1 Å². The number of nitrogens with one attached hydrogen (secondary N) is 2. The fourth-order valence-electron chi connectivity index (χ4n) is 3.47. The Morgan fingerprint density at radius 1 is 1.36 bits per heavy atom. The van der Waals surface area contributed by atoms with E-state index >= 15 is 0 Å². The van der Waals surface area contributed by atoms with Gasteiger partial charge in [0.2, 0.25) is 5.91 Å². The van der Waals surface area contributed by atoms with Gasteiger partial charge in [-0.15, -0.1) is 0 Å². The maximum absolute atomic E-state index is 12.0. The Bertz CT molecular complexity index is 786. The first-order chi connectivity index (χ1) is 12.1. The average Bonchev–Trinajstić information content (AvgIpc) is 2.61. The van der Waals surface area contributed by atoms with Gasteiger partial charge in [-0.2, -0.15) is 0 Å². The molecule has 2 heterocycles. The van der Waals surface area contributed by atoms with Crippen molar-refractivity contribution in [3.63, 3.8) is 0 Å². The Kier molecular flexibility index (Phi) is 5.81. The molecule has 6 nitrogen and oxygen atoms in total. The van der Waals surface area contributed by atoms with E-state index in [0.29, 0.717) is 42.2 Å². The quantitative estimate of drug-likeness (QED) is 0.840. The van der Waals surface area contributed by atoms with Crippen LogP contribution in [0.1, 0.15) is 37.9 Å². The second kappa shape index (κ2) is 8.25. The molecule has 1 fully saturated rings. The minimum absolute atomic E-state index is 0.0714. The summed E-state index contributed by atoms with van der Waals surface area (Å²) in [6.07, 6.45) is 5.69. The molecule has 1 atom stereocenters. The lowest BCUT2D eigenvalue weighted by molar-refractivity contribution is -0.121. The largest absolute Gasteiger partial charge is 0.356 e. The van der Waals surface area contributed by atoms with Crippen molar-refractivity contribution in [2.75, 3.05) is 20.1 Å². The summed E-state index contributed by atoms with van der Waals surface area (Å²) in [5.41, 5.74) is 0.556. The lowest BCUT2D eigenvalue weighted by atomic mass is 9.98. The molecule has 0 aliphatic carbocycles. The second-order valence-electron chi connectivity index (χ2n) is 6.80. The number of benzene rings is 1. The summed E-state index contributed by atoms with van der Waals surface area (Å²) in [5, 5.41) is 3.52. The van der Waals surface area contributed by atoms with E-state index in [9.17, 15) is 9.59 Å². The van der Waals surface area contributed by atoms with Crippen molar-refractivity contribution in [3.05, 3.63) is 40.4 Å². The highest BCUT2D eigenvalue weighted by Gasteiger charge is 2.19. The number of fused-ring (bicyclic) bond motifs is 1. The van der Waals surface area contributed by atoms with Crippen molar-refractivity contribution < 1.29 is 4.79 Å². The van der Waals surface area contributed by atoms with Crippen LogP contribution in [0.25, 0.3) is 10.9 Å². The van der Waals surface area contributed by atoms with Gasteiger partial charge in [-0.25, -0.2) is 4.98 Å². The Balaban J connectivity index is 1.46. The van der Waals surface area contributed by atoms with Crippen LogP contribution in [0.2, 0.25) is 0 Å². The number of aromatic nitrogens is 2. The molecule has 0 bridgehead atoms. The van der Waals surface area contributed by atoms with Crippen molar-refractivity contribution in [2.45, 2.75) is 44.6 Å². The van der Waals surface area contributed by atoms with Gasteiger partial charge in [0.25, 0.3) is 5.56 Å². The summed E-state index contributed by atoms with van der Waals surface area (Å²) >= 11 is 0. The minimum atomic E-state index is -0.132. The highest BCUT2D eigenvalue weighted by atomic mass is 16.1. The first-order valence-electron chi connectivity index (χ1n) is 9.08. The van der Waals surface area contributed by atoms with Crippen LogP contribution in [0.4, 0.5) is 0 Å². The zero-order chi connectivity index (χ0) is 17.6. The van der Waals surface area contributed by atoms with Crippen molar-refractivity contribution in [1.29, 1.82) is 0 Å². The molecule has 1 aliphatic rings. The summed E-state index contributed by atoms with van der Waals surface area (Å²) in [6.45, 7) is 1.62. The average molecular weight is 342 g/mol. The molecule has 2 aromatic rings. The zero-order valence-corrected chi connectivity index (χ0v) is 14.8. The molecule has 1 unspecified atom stereocenters. The molecule has 1 aromatic heterocycles. The number of hydrogen-bond acceptors (Lipinski definition) is 4. The highest BCUT2D eigenvalue weighted by molar-refractivity contribution is 5.77. The fourth-order valence-corrected chi connectivity index (χ4v) is 3.47. The lowest BCUT2D eigenvalue weighted by Crippen LogP contribution is -2.37. The lowest BCUT2D eigenvalue weighted by Gasteiger charge is -2.32. The smallest absolute Gasteiger partial charge is 0.258 e. The van der Waals surface area contributed by atoms with E-state index in [1.54, 1.807) is 6.07 Å². The molecule has 1 aromatic carbocycles. The van der Waals surface area contributed by atoms with Crippen molar-refractivity contribution in [3.8, 4) is 0 Å². The number of carbonyl (C=O) groups is 1. The van der Waals surface area contributed by atoms with Gasteiger partial charge in [0.1, 0.15) is 5.82 Å². The molecule has 1 amide bonds. The van der Waals surface area contributed by atoms with Crippen molar-refractivity contribution in [1.82, 2.24) is 20.2 Å². The van der Waals surface area contributed by atoms with E-state index in [0.717, 1.165) is 13.0 Å². The van der Waals surface area contributed by atoms with Gasteiger partial charge >= 0.3 is 0 Å².